The van der Waals surface area contributed by atoms with Crippen LogP contribution in [-0.2, 0) is 27.9 Å². The molecule has 12 heteroatoms. The third-order valence-corrected chi connectivity index (χ3v) is 5.85. The summed E-state index contributed by atoms with van der Waals surface area (Å²) in [7, 11) is -3.80. The molecular formula is C18H22F3N5O3S. The van der Waals surface area contributed by atoms with Gasteiger partial charge in [-0.25, -0.2) is 18.5 Å². The summed E-state index contributed by atoms with van der Waals surface area (Å²) in [4.78, 5) is 18.4. The van der Waals surface area contributed by atoms with Crippen LogP contribution in [0.15, 0.2) is 41.6 Å². The van der Waals surface area contributed by atoms with Crippen molar-refractivity contribution in [3.63, 3.8) is 0 Å². The molecular weight excluding hydrogens is 423 g/mol. The number of aromatic nitrogens is 2. The summed E-state index contributed by atoms with van der Waals surface area (Å²) in [6.07, 6.45) is -0.540. The molecule has 3 N–H and O–H groups in total. The number of hydrogen-bond acceptors (Lipinski definition) is 5. The standard InChI is InChI=1S/C18H22F3N5O3S/c19-18(20,21)12-26-10-7-23-16(26)11-25-8-5-13(6-9-25)17(27)24-14-1-3-15(4-2-14)30(22,28)29/h1-4,7,10,13H,5-6,8-9,11-12H2,(H,24,27)(H2,22,28,29). The molecule has 2 aromatic rings. The van der Waals surface area contributed by atoms with Crippen LogP contribution in [0.2, 0.25) is 0 Å². The average molecular weight is 445 g/mol. The van der Waals surface area contributed by atoms with Gasteiger partial charge < -0.3 is 9.88 Å². The highest BCUT2D eigenvalue weighted by atomic mass is 32.2. The molecule has 1 saturated heterocycles. The predicted octanol–water partition coefficient (Wildman–Crippen LogP) is 1.94. The van der Waals surface area contributed by atoms with Crippen molar-refractivity contribution < 1.29 is 26.4 Å². The van der Waals surface area contributed by atoms with Gasteiger partial charge in [-0.2, -0.15) is 13.2 Å². The van der Waals surface area contributed by atoms with Gasteiger partial charge in [0.1, 0.15) is 12.4 Å². The Balaban J connectivity index is 1.51. The smallest absolute Gasteiger partial charge is 0.326 e. The summed E-state index contributed by atoms with van der Waals surface area (Å²) in [6.45, 7) is 0.320. The molecule has 30 heavy (non-hydrogen) atoms. The molecule has 3 rings (SSSR count). The van der Waals surface area contributed by atoms with Crippen LogP contribution in [-0.4, -0.2) is 48.0 Å². The van der Waals surface area contributed by atoms with Crippen LogP contribution in [0.3, 0.4) is 0 Å². The van der Waals surface area contributed by atoms with Crippen molar-refractivity contribution in [1.29, 1.82) is 0 Å². The fourth-order valence-electron chi connectivity index (χ4n) is 3.35. The summed E-state index contributed by atoms with van der Waals surface area (Å²) in [5.41, 5.74) is 0.462. The van der Waals surface area contributed by atoms with Gasteiger partial charge in [-0.1, -0.05) is 0 Å². The fraction of sp³-hybridized carbons (Fsp3) is 0.444. The quantitative estimate of drug-likeness (QED) is 0.706. The van der Waals surface area contributed by atoms with E-state index in [4.69, 9.17) is 5.14 Å². The van der Waals surface area contributed by atoms with Crippen LogP contribution in [0, 0.1) is 5.92 Å². The lowest BCUT2D eigenvalue weighted by Gasteiger charge is -2.31. The second kappa shape index (κ2) is 8.74. The predicted molar refractivity (Wildman–Crippen MR) is 103 cm³/mol. The van der Waals surface area contributed by atoms with Crippen molar-refractivity contribution in [2.24, 2.45) is 11.1 Å². The second-order valence-corrected chi connectivity index (χ2v) is 8.76. The summed E-state index contributed by atoms with van der Waals surface area (Å²) in [5, 5.41) is 7.80. The minimum Gasteiger partial charge on any atom is -0.326 e. The van der Waals surface area contributed by atoms with E-state index < -0.39 is 22.7 Å². The maximum atomic E-state index is 12.6. The second-order valence-electron chi connectivity index (χ2n) is 7.20. The van der Waals surface area contributed by atoms with Gasteiger partial charge in [-0.15, -0.1) is 0 Å². The van der Waals surface area contributed by atoms with Crippen LogP contribution in [0.1, 0.15) is 18.7 Å². The number of piperidine rings is 1. The van der Waals surface area contributed by atoms with E-state index in [0.717, 1.165) is 4.57 Å². The number of likely N-dealkylation sites (tertiary alicyclic amines) is 1. The molecule has 1 aliphatic rings. The molecule has 0 saturated carbocycles. The minimum absolute atomic E-state index is 0.0438. The zero-order valence-electron chi connectivity index (χ0n) is 16.0. The summed E-state index contributed by atoms with van der Waals surface area (Å²) >= 11 is 0. The summed E-state index contributed by atoms with van der Waals surface area (Å²) < 4.78 is 61.5. The van der Waals surface area contributed by atoms with Gasteiger partial charge in [0.2, 0.25) is 15.9 Å². The summed E-state index contributed by atoms with van der Waals surface area (Å²) in [5.74, 6) is -0.0872. The number of benzene rings is 1. The molecule has 0 unspecified atom stereocenters. The molecule has 2 heterocycles. The average Bonchev–Trinajstić information content (AvgIpc) is 3.07. The van der Waals surface area contributed by atoms with Crippen molar-refractivity contribution >= 4 is 21.6 Å². The van der Waals surface area contributed by atoms with E-state index in [9.17, 15) is 26.4 Å². The van der Waals surface area contributed by atoms with E-state index in [0.29, 0.717) is 37.4 Å². The molecule has 1 aromatic heterocycles. The number of carbonyl (C=O) groups excluding carboxylic acids is 1. The largest absolute Gasteiger partial charge is 0.406 e. The number of halogens is 3. The Labute approximate surface area is 171 Å². The third-order valence-electron chi connectivity index (χ3n) is 4.93. The maximum Gasteiger partial charge on any atom is 0.406 e. The van der Waals surface area contributed by atoms with Crippen LogP contribution < -0.4 is 10.5 Å². The van der Waals surface area contributed by atoms with Gasteiger partial charge in [0.15, 0.2) is 0 Å². The highest BCUT2D eigenvalue weighted by Crippen LogP contribution is 2.23. The Morgan fingerprint density at radius 1 is 1.20 bits per heavy atom. The highest BCUT2D eigenvalue weighted by molar-refractivity contribution is 7.89. The lowest BCUT2D eigenvalue weighted by atomic mass is 9.96. The van der Waals surface area contributed by atoms with E-state index in [1.54, 1.807) is 0 Å². The summed E-state index contributed by atoms with van der Waals surface area (Å²) in [6, 6.07) is 5.56. The lowest BCUT2D eigenvalue weighted by Crippen LogP contribution is -2.38. The zero-order valence-corrected chi connectivity index (χ0v) is 16.8. The first kappa shape index (κ1) is 22.2. The number of nitrogens with one attached hydrogen (secondary N) is 1. The SMILES string of the molecule is NS(=O)(=O)c1ccc(NC(=O)C2CCN(Cc3nccn3CC(F)(F)F)CC2)cc1. The molecule has 0 radical (unpaired) electrons. The Morgan fingerprint density at radius 3 is 2.40 bits per heavy atom. The van der Waals surface area contributed by atoms with Gasteiger partial charge in [-0.3, -0.25) is 9.69 Å². The molecule has 0 bridgehead atoms. The van der Waals surface area contributed by atoms with Gasteiger partial charge in [0.05, 0.1) is 11.4 Å². The van der Waals surface area contributed by atoms with Crippen molar-refractivity contribution in [1.82, 2.24) is 14.5 Å². The molecule has 8 nitrogen and oxygen atoms in total. The number of imidazole rings is 1. The van der Waals surface area contributed by atoms with E-state index in [1.807, 2.05) is 4.90 Å². The zero-order chi connectivity index (χ0) is 21.9. The Hall–Kier alpha value is -2.44. The Kier molecular flexibility index (Phi) is 6.48. The molecule has 1 amide bonds. The molecule has 1 fully saturated rings. The highest BCUT2D eigenvalue weighted by Gasteiger charge is 2.30. The van der Waals surface area contributed by atoms with Crippen LogP contribution in [0.25, 0.3) is 0 Å². The number of anilines is 1. The van der Waals surface area contributed by atoms with E-state index in [2.05, 4.69) is 10.3 Å². The number of rotatable bonds is 6. The van der Waals surface area contributed by atoms with Gasteiger partial charge in [0.25, 0.3) is 0 Å². The molecule has 1 aromatic carbocycles. The van der Waals surface area contributed by atoms with Crippen molar-refractivity contribution in [3.05, 3.63) is 42.5 Å². The van der Waals surface area contributed by atoms with Crippen molar-refractivity contribution in [2.75, 3.05) is 18.4 Å². The molecule has 0 spiro atoms. The number of sulfonamides is 1. The molecule has 1 aliphatic heterocycles. The van der Waals surface area contributed by atoms with E-state index in [-0.39, 0.29) is 23.3 Å². The number of hydrogen-bond donors (Lipinski definition) is 2. The van der Waals surface area contributed by atoms with Crippen molar-refractivity contribution in [2.45, 2.75) is 37.0 Å². The topological polar surface area (TPSA) is 110 Å². The van der Waals surface area contributed by atoms with Crippen LogP contribution >= 0.6 is 0 Å². The number of nitrogens with zero attached hydrogens (tertiary/aromatic N) is 3. The third kappa shape index (κ3) is 6.03. The Bertz CT molecular complexity index is 981. The number of primary sulfonamides is 1. The number of carbonyl (C=O) groups is 1. The normalized spacial score (nSPS) is 16.5. The Morgan fingerprint density at radius 2 is 1.83 bits per heavy atom. The lowest BCUT2D eigenvalue weighted by molar-refractivity contribution is -0.141. The fourth-order valence-corrected chi connectivity index (χ4v) is 3.87. The van der Waals surface area contributed by atoms with Gasteiger partial charge in [0, 0.05) is 24.0 Å². The van der Waals surface area contributed by atoms with Gasteiger partial charge in [-0.05, 0) is 50.2 Å². The number of alkyl halides is 3. The maximum absolute atomic E-state index is 12.6. The van der Waals surface area contributed by atoms with Crippen LogP contribution in [0.4, 0.5) is 18.9 Å². The van der Waals surface area contributed by atoms with E-state index >= 15 is 0 Å². The van der Waals surface area contributed by atoms with E-state index in [1.165, 1.54) is 36.7 Å². The molecule has 0 aliphatic carbocycles. The van der Waals surface area contributed by atoms with Gasteiger partial charge >= 0.3 is 6.18 Å². The minimum atomic E-state index is -4.31. The first-order valence-corrected chi connectivity index (χ1v) is 10.8. The molecule has 164 valence electrons. The number of amides is 1. The monoisotopic (exact) mass is 445 g/mol. The number of nitrogens with two attached hydrogens (primary N) is 1. The van der Waals surface area contributed by atoms with Crippen molar-refractivity contribution in [3.8, 4) is 0 Å². The van der Waals surface area contributed by atoms with Crippen LogP contribution in [0.5, 0.6) is 0 Å². The first-order chi connectivity index (χ1) is 14.0. The molecule has 0 atom stereocenters. The first-order valence-electron chi connectivity index (χ1n) is 9.24.